The topological polar surface area (TPSA) is 63.3 Å². The minimum absolute atomic E-state index is 0.0140. The van der Waals surface area contributed by atoms with Gasteiger partial charge in [0.1, 0.15) is 6.29 Å². The third-order valence-corrected chi connectivity index (χ3v) is 0.637. The van der Waals surface area contributed by atoms with Crippen LogP contribution in [-0.4, -0.2) is 24.0 Å². The molecule has 3 nitrogen and oxygen atoms in total. The highest BCUT2D eigenvalue weighted by atomic mass is 16.3. The maximum absolute atomic E-state index is 9.66. The summed E-state index contributed by atoms with van der Waals surface area (Å²) in [7, 11) is 0. The average molecular weight is 103 g/mol. The molecule has 0 heterocycles. The Kier molecular flexibility index (Phi) is 3.55. The first-order chi connectivity index (χ1) is 3.31. The van der Waals surface area contributed by atoms with Crippen LogP contribution in [0.5, 0.6) is 0 Å². The number of aliphatic hydroxyl groups excluding tert-OH is 1. The van der Waals surface area contributed by atoms with E-state index in [9.17, 15) is 4.79 Å². The van der Waals surface area contributed by atoms with E-state index in [0.29, 0.717) is 12.7 Å². The van der Waals surface area contributed by atoms with Crippen molar-refractivity contribution in [2.24, 2.45) is 5.73 Å². The van der Waals surface area contributed by atoms with Crippen LogP contribution >= 0.6 is 0 Å². The van der Waals surface area contributed by atoms with Crippen LogP contribution in [0.1, 0.15) is 6.42 Å². The van der Waals surface area contributed by atoms with Crippen LogP contribution < -0.4 is 5.73 Å². The van der Waals surface area contributed by atoms with E-state index in [1.165, 1.54) is 0 Å². The molecule has 0 aromatic rings. The van der Waals surface area contributed by atoms with Crippen LogP contribution in [-0.2, 0) is 4.79 Å². The molecule has 0 rings (SSSR count). The zero-order valence-corrected chi connectivity index (χ0v) is 4.00. The molecular weight excluding hydrogens is 94.0 g/mol. The number of hydrogen-bond donors (Lipinski definition) is 2. The molecule has 0 aliphatic rings. The van der Waals surface area contributed by atoms with Crippen molar-refractivity contribution in [3.05, 3.63) is 0 Å². The largest absolute Gasteiger partial charge is 0.396 e. The van der Waals surface area contributed by atoms with Gasteiger partial charge < -0.3 is 15.6 Å². The SMILES string of the molecule is N[C@H](C=O)CCO. The third-order valence-electron chi connectivity index (χ3n) is 0.637. The average Bonchev–Trinajstić information content (AvgIpc) is 1.68. The Bertz CT molecular complexity index is 55.7. The van der Waals surface area contributed by atoms with Gasteiger partial charge in [0.05, 0.1) is 6.04 Å². The highest BCUT2D eigenvalue weighted by Crippen LogP contribution is 1.77. The molecule has 1 atom stereocenters. The first-order valence-corrected chi connectivity index (χ1v) is 2.13. The van der Waals surface area contributed by atoms with E-state index in [1.807, 2.05) is 0 Å². The van der Waals surface area contributed by atoms with Crippen LogP contribution in [0.4, 0.5) is 0 Å². The Morgan fingerprint density at radius 3 is 2.57 bits per heavy atom. The fraction of sp³-hybridized carbons (Fsp3) is 0.750. The molecule has 3 heteroatoms. The molecule has 3 N–H and O–H groups in total. The number of carbonyl (C=O) groups excluding carboxylic acids is 1. The molecular formula is C4H9NO2. The monoisotopic (exact) mass is 103 g/mol. The van der Waals surface area contributed by atoms with E-state index in [-0.39, 0.29) is 6.61 Å². The van der Waals surface area contributed by atoms with Crippen LogP contribution in [0, 0.1) is 0 Å². The molecule has 0 aliphatic carbocycles. The summed E-state index contributed by atoms with van der Waals surface area (Å²) < 4.78 is 0. The predicted molar refractivity (Wildman–Crippen MR) is 25.7 cm³/mol. The first kappa shape index (κ1) is 6.59. The molecule has 7 heavy (non-hydrogen) atoms. The zero-order chi connectivity index (χ0) is 5.70. The summed E-state index contributed by atoms with van der Waals surface area (Å²) in [6.45, 7) is -0.0140. The Morgan fingerprint density at radius 2 is 2.43 bits per heavy atom. The standard InChI is InChI=1S/C4H9NO2/c5-4(3-7)1-2-6/h3-4,6H,1-2,5H2/t4-/m0/s1. The summed E-state index contributed by atoms with van der Waals surface area (Å²) in [6, 6.07) is -0.481. The molecule has 0 spiro atoms. The minimum Gasteiger partial charge on any atom is -0.396 e. The lowest BCUT2D eigenvalue weighted by atomic mass is 10.3. The van der Waals surface area contributed by atoms with Crippen molar-refractivity contribution in [1.29, 1.82) is 0 Å². The molecule has 0 bridgehead atoms. The number of aliphatic hydroxyl groups is 1. The van der Waals surface area contributed by atoms with Crippen LogP contribution in [0.2, 0.25) is 0 Å². The quantitative estimate of drug-likeness (QED) is 0.445. The van der Waals surface area contributed by atoms with Gasteiger partial charge in [0.25, 0.3) is 0 Å². The lowest BCUT2D eigenvalue weighted by Crippen LogP contribution is -2.22. The molecule has 0 amide bonds. The fourth-order valence-corrected chi connectivity index (χ4v) is 0.217. The van der Waals surface area contributed by atoms with E-state index >= 15 is 0 Å². The maximum Gasteiger partial charge on any atom is 0.136 e. The number of hydrogen-bond acceptors (Lipinski definition) is 3. The number of carbonyl (C=O) groups is 1. The molecule has 0 fully saturated rings. The highest BCUT2D eigenvalue weighted by molar-refractivity contribution is 5.56. The second-order valence-corrected chi connectivity index (χ2v) is 1.31. The maximum atomic E-state index is 9.66. The van der Waals surface area contributed by atoms with Crippen molar-refractivity contribution in [3.8, 4) is 0 Å². The van der Waals surface area contributed by atoms with Crippen molar-refractivity contribution < 1.29 is 9.90 Å². The van der Waals surface area contributed by atoms with E-state index < -0.39 is 6.04 Å². The van der Waals surface area contributed by atoms with Crippen LogP contribution in [0.3, 0.4) is 0 Å². The highest BCUT2D eigenvalue weighted by Gasteiger charge is 1.94. The number of rotatable bonds is 3. The zero-order valence-electron chi connectivity index (χ0n) is 4.00. The van der Waals surface area contributed by atoms with Gasteiger partial charge in [0.2, 0.25) is 0 Å². The summed E-state index contributed by atoms with van der Waals surface area (Å²) in [5.74, 6) is 0. The lowest BCUT2D eigenvalue weighted by Gasteiger charge is -1.95. The van der Waals surface area contributed by atoms with E-state index in [0.717, 1.165) is 0 Å². The number of nitrogens with two attached hydrogens (primary N) is 1. The first-order valence-electron chi connectivity index (χ1n) is 2.13. The minimum atomic E-state index is -0.481. The summed E-state index contributed by atoms with van der Waals surface area (Å²) in [5, 5.41) is 8.13. The summed E-state index contributed by atoms with van der Waals surface area (Å²) in [5.41, 5.74) is 5.06. The van der Waals surface area contributed by atoms with Crippen molar-refractivity contribution >= 4 is 6.29 Å². The molecule has 42 valence electrons. The Morgan fingerprint density at radius 1 is 1.86 bits per heavy atom. The van der Waals surface area contributed by atoms with Gasteiger partial charge in [-0.05, 0) is 6.42 Å². The van der Waals surface area contributed by atoms with Crippen LogP contribution in [0.25, 0.3) is 0 Å². The molecule has 0 aliphatic heterocycles. The van der Waals surface area contributed by atoms with Crippen molar-refractivity contribution in [3.63, 3.8) is 0 Å². The summed E-state index contributed by atoms with van der Waals surface area (Å²) in [6.07, 6.45) is 0.986. The van der Waals surface area contributed by atoms with E-state index in [2.05, 4.69) is 0 Å². The lowest BCUT2D eigenvalue weighted by molar-refractivity contribution is -0.109. The Hall–Kier alpha value is -0.410. The Labute approximate surface area is 42.1 Å². The van der Waals surface area contributed by atoms with Gasteiger partial charge in [-0.15, -0.1) is 0 Å². The van der Waals surface area contributed by atoms with E-state index in [1.54, 1.807) is 0 Å². The van der Waals surface area contributed by atoms with Gasteiger partial charge in [0, 0.05) is 6.61 Å². The van der Waals surface area contributed by atoms with Crippen molar-refractivity contribution in [2.45, 2.75) is 12.5 Å². The summed E-state index contributed by atoms with van der Waals surface area (Å²) >= 11 is 0. The molecule has 0 aromatic heterocycles. The van der Waals surface area contributed by atoms with Gasteiger partial charge >= 0.3 is 0 Å². The molecule has 0 unspecified atom stereocenters. The summed E-state index contributed by atoms with van der Waals surface area (Å²) in [4.78, 5) is 9.66. The smallest absolute Gasteiger partial charge is 0.136 e. The second-order valence-electron chi connectivity index (χ2n) is 1.31. The fourth-order valence-electron chi connectivity index (χ4n) is 0.217. The molecule has 0 saturated heterocycles. The molecule has 0 radical (unpaired) electrons. The second kappa shape index (κ2) is 3.77. The third kappa shape index (κ3) is 3.42. The molecule has 0 saturated carbocycles. The Balaban J connectivity index is 2.98. The van der Waals surface area contributed by atoms with E-state index in [4.69, 9.17) is 10.8 Å². The predicted octanol–water partition coefficient (Wildman–Crippen LogP) is -1.10. The van der Waals surface area contributed by atoms with Crippen molar-refractivity contribution in [2.75, 3.05) is 6.61 Å². The van der Waals surface area contributed by atoms with Gasteiger partial charge in [-0.2, -0.15) is 0 Å². The normalized spacial score (nSPS) is 13.4. The van der Waals surface area contributed by atoms with Crippen molar-refractivity contribution in [1.82, 2.24) is 0 Å². The van der Waals surface area contributed by atoms with Gasteiger partial charge in [-0.1, -0.05) is 0 Å². The van der Waals surface area contributed by atoms with Gasteiger partial charge in [0.15, 0.2) is 0 Å². The van der Waals surface area contributed by atoms with Gasteiger partial charge in [-0.3, -0.25) is 0 Å². The van der Waals surface area contributed by atoms with Gasteiger partial charge in [-0.25, -0.2) is 0 Å². The number of aldehydes is 1. The van der Waals surface area contributed by atoms with Crippen LogP contribution in [0.15, 0.2) is 0 Å². The molecule has 0 aromatic carbocycles.